The van der Waals surface area contributed by atoms with Crippen LogP contribution in [0.15, 0.2) is 30.9 Å². The van der Waals surface area contributed by atoms with Gasteiger partial charge in [-0.2, -0.15) is 0 Å². The van der Waals surface area contributed by atoms with Gasteiger partial charge in [-0.25, -0.2) is 24.1 Å². The van der Waals surface area contributed by atoms with Crippen molar-refractivity contribution in [3.05, 3.63) is 47.3 Å². The number of nitrogens with zero attached hydrogens (tertiary/aromatic N) is 3. The molecule has 0 aliphatic rings. The molecule has 0 spiro atoms. The smallest absolute Gasteiger partial charge is 0.341 e. The first-order chi connectivity index (χ1) is 12.0. The molecular weight excluding hydrogens is 353 g/mol. The van der Waals surface area contributed by atoms with Crippen LogP contribution >= 0.6 is 11.6 Å². The highest BCUT2D eigenvalue weighted by Crippen LogP contribution is 2.18. The molecule has 25 heavy (non-hydrogen) atoms. The molecule has 0 radical (unpaired) electrons. The van der Waals surface area contributed by atoms with Gasteiger partial charge < -0.3 is 15.0 Å². The monoisotopic (exact) mass is 363 g/mol. The van der Waals surface area contributed by atoms with Crippen LogP contribution in [0.5, 0.6) is 0 Å². The van der Waals surface area contributed by atoms with E-state index in [2.05, 4.69) is 25.3 Å². The number of H-pyrrole nitrogens is 1. The maximum atomic E-state index is 13.7. The van der Waals surface area contributed by atoms with Crippen LogP contribution in [-0.2, 0) is 9.53 Å². The average Bonchev–Trinajstić information content (AvgIpc) is 3.06. The minimum Gasteiger partial charge on any atom is -0.449 e. The number of rotatable bonds is 4. The largest absolute Gasteiger partial charge is 0.449 e. The molecule has 0 aliphatic heterocycles. The third-order valence-electron chi connectivity index (χ3n) is 3.27. The first-order valence-electron chi connectivity index (χ1n) is 7.06. The maximum Gasteiger partial charge on any atom is 0.341 e. The van der Waals surface area contributed by atoms with Crippen LogP contribution in [-0.4, -0.2) is 37.9 Å². The van der Waals surface area contributed by atoms with E-state index in [9.17, 15) is 14.0 Å². The van der Waals surface area contributed by atoms with Crippen LogP contribution < -0.4 is 5.32 Å². The zero-order chi connectivity index (χ0) is 18.0. The van der Waals surface area contributed by atoms with Gasteiger partial charge in [0.15, 0.2) is 17.6 Å². The van der Waals surface area contributed by atoms with E-state index in [0.29, 0.717) is 11.2 Å². The van der Waals surface area contributed by atoms with E-state index in [4.69, 9.17) is 16.3 Å². The second kappa shape index (κ2) is 6.81. The molecule has 1 aromatic carbocycles. The van der Waals surface area contributed by atoms with Crippen molar-refractivity contribution in [2.75, 3.05) is 5.32 Å². The third-order valence-corrected chi connectivity index (χ3v) is 3.50. The van der Waals surface area contributed by atoms with Gasteiger partial charge >= 0.3 is 5.97 Å². The fourth-order valence-corrected chi connectivity index (χ4v) is 2.18. The number of benzene rings is 1. The Morgan fingerprint density at radius 2 is 2.12 bits per heavy atom. The van der Waals surface area contributed by atoms with E-state index in [-0.39, 0.29) is 16.4 Å². The highest BCUT2D eigenvalue weighted by molar-refractivity contribution is 6.30. The first-order valence-corrected chi connectivity index (χ1v) is 7.44. The number of carbonyl (C=O) groups excluding carboxylic acids is 2. The molecule has 2 N–H and O–H groups in total. The molecule has 3 aromatic rings. The number of imidazole rings is 1. The quantitative estimate of drug-likeness (QED) is 0.688. The summed E-state index contributed by atoms with van der Waals surface area (Å²) in [6.07, 6.45) is 1.44. The summed E-state index contributed by atoms with van der Waals surface area (Å²) in [7, 11) is 0. The topological polar surface area (TPSA) is 110 Å². The number of aromatic nitrogens is 4. The van der Waals surface area contributed by atoms with Crippen molar-refractivity contribution in [2.24, 2.45) is 0 Å². The van der Waals surface area contributed by atoms with Crippen LogP contribution in [0.1, 0.15) is 17.3 Å². The third kappa shape index (κ3) is 3.56. The molecule has 128 valence electrons. The van der Waals surface area contributed by atoms with Crippen LogP contribution in [0.3, 0.4) is 0 Å². The number of halogens is 2. The van der Waals surface area contributed by atoms with Gasteiger partial charge in [0, 0.05) is 5.02 Å². The summed E-state index contributed by atoms with van der Waals surface area (Å²) in [6.45, 7) is 1.35. The van der Waals surface area contributed by atoms with E-state index in [0.717, 1.165) is 12.1 Å². The van der Waals surface area contributed by atoms with Crippen molar-refractivity contribution in [3.8, 4) is 0 Å². The van der Waals surface area contributed by atoms with Crippen molar-refractivity contribution < 1.29 is 18.7 Å². The first kappa shape index (κ1) is 16.8. The lowest BCUT2D eigenvalue weighted by atomic mass is 10.2. The Hall–Kier alpha value is -3.07. The molecule has 10 heteroatoms. The van der Waals surface area contributed by atoms with Crippen molar-refractivity contribution in [1.82, 2.24) is 19.9 Å². The summed E-state index contributed by atoms with van der Waals surface area (Å²) >= 11 is 5.73. The van der Waals surface area contributed by atoms with E-state index < -0.39 is 23.8 Å². The molecule has 8 nitrogen and oxygen atoms in total. The van der Waals surface area contributed by atoms with Crippen LogP contribution in [0.2, 0.25) is 5.02 Å². The van der Waals surface area contributed by atoms with Gasteiger partial charge in [0.2, 0.25) is 0 Å². The number of aromatic amines is 1. The lowest BCUT2D eigenvalue weighted by molar-refractivity contribution is -0.123. The SMILES string of the molecule is CC(OC(=O)c1cc(Cl)ccc1F)C(=O)Nc1ncnc2nc[nH]c12. The molecule has 2 heterocycles. The van der Waals surface area contributed by atoms with Crippen LogP contribution in [0.4, 0.5) is 10.2 Å². The number of esters is 1. The lowest BCUT2D eigenvalue weighted by Gasteiger charge is -2.13. The molecule has 1 amide bonds. The minimum absolute atomic E-state index is 0.174. The Kier molecular flexibility index (Phi) is 4.57. The fraction of sp³-hybridized carbons (Fsp3) is 0.133. The molecule has 1 unspecified atom stereocenters. The molecular formula is C15H11ClFN5O3. The van der Waals surface area contributed by atoms with Crippen molar-refractivity contribution in [1.29, 1.82) is 0 Å². The number of fused-ring (bicyclic) bond motifs is 1. The van der Waals surface area contributed by atoms with Gasteiger partial charge in [-0.15, -0.1) is 0 Å². The Bertz CT molecular complexity index is 961. The Balaban J connectivity index is 1.71. The maximum absolute atomic E-state index is 13.7. The van der Waals surface area contributed by atoms with Gasteiger partial charge in [-0.1, -0.05) is 11.6 Å². The van der Waals surface area contributed by atoms with E-state index in [1.54, 1.807) is 0 Å². The zero-order valence-corrected chi connectivity index (χ0v) is 13.5. The second-order valence-electron chi connectivity index (χ2n) is 4.98. The summed E-state index contributed by atoms with van der Waals surface area (Å²) in [5.74, 6) is -2.26. The van der Waals surface area contributed by atoms with Crippen molar-refractivity contribution >= 4 is 40.5 Å². The predicted molar refractivity (Wildman–Crippen MR) is 86.6 cm³/mol. The second-order valence-corrected chi connectivity index (χ2v) is 5.42. The summed E-state index contributed by atoms with van der Waals surface area (Å²) in [6, 6.07) is 3.47. The summed E-state index contributed by atoms with van der Waals surface area (Å²) in [4.78, 5) is 38.8. The highest BCUT2D eigenvalue weighted by Gasteiger charge is 2.22. The van der Waals surface area contributed by atoms with E-state index in [1.807, 2.05) is 0 Å². The average molecular weight is 364 g/mol. The molecule has 0 saturated heterocycles. The molecule has 0 bridgehead atoms. The standard InChI is InChI=1S/C15H11ClFN5O3/c1-7(25-15(24)9-4-8(16)2-3-10(9)17)14(23)22-13-11-12(19-5-18-11)20-6-21-13/h2-7H,1H3,(H2,18,19,20,21,22,23). The van der Waals surface area contributed by atoms with Gasteiger partial charge in [0.25, 0.3) is 5.91 Å². The number of hydrogen-bond donors (Lipinski definition) is 2. The molecule has 0 fully saturated rings. The van der Waals surface area contributed by atoms with Gasteiger partial charge in [-0.05, 0) is 25.1 Å². The Labute approximate surface area is 145 Å². The summed E-state index contributed by atoms with van der Waals surface area (Å²) < 4.78 is 18.7. The van der Waals surface area contributed by atoms with Gasteiger partial charge in [-0.3, -0.25) is 4.79 Å². The number of hydrogen-bond acceptors (Lipinski definition) is 6. The van der Waals surface area contributed by atoms with E-state index in [1.165, 1.54) is 25.6 Å². The molecule has 0 aliphatic carbocycles. The van der Waals surface area contributed by atoms with Crippen LogP contribution in [0, 0.1) is 5.82 Å². The fourth-order valence-electron chi connectivity index (χ4n) is 2.01. The predicted octanol–water partition coefficient (Wildman–Crippen LogP) is 2.33. The molecule has 3 rings (SSSR count). The Morgan fingerprint density at radius 3 is 2.92 bits per heavy atom. The zero-order valence-electron chi connectivity index (χ0n) is 12.8. The number of anilines is 1. The van der Waals surface area contributed by atoms with Gasteiger partial charge in [0.1, 0.15) is 17.7 Å². The highest BCUT2D eigenvalue weighted by atomic mass is 35.5. The van der Waals surface area contributed by atoms with Gasteiger partial charge in [0.05, 0.1) is 11.9 Å². The minimum atomic E-state index is -1.20. The van der Waals surface area contributed by atoms with Crippen molar-refractivity contribution in [2.45, 2.75) is 13.0 Å². The molecule has 0 saturated carbocycles. The molecule has 1 atom stereocenters. The Morgan fingerprint density at radius 1 is 1.32 bits per heavy atom. The number of carbonyl (C=O) groups is 2. The lowest BCUT2D eigenvalue weighted by Crippen LogP contribution is -2.30. The summed E-state index contributed by atoms with van der Waals surface area (Å²) in [5, 5.41) is 2.67. The molecule has 2 aromatic heterocycles. The van der Waals surface area contributed by atoms with E-state index >= 15 is 0 Å². The van der Waals surface area contributed by atoms with Crippen molar-refractivity contribution in [3.63, 3.8) is 0 Å². The normalized spacial score (nSPS) is 12.0. The number of ether oxygens (including phenoxy) is 1. The van der Waals surface area contributed by atoms with Crippen LogP contribution in [0.25, 0.3) is 11.2 Å². The number of amides is 1. The number of nitrogens with one attached hydrogen (secondary N) is 2. The summed E-state index contributed by atoms with van der Waals surface area (Å²) in [5.41, 5.74) is 0.441.